The highest BCUT2D eigenvalue weighted by atomic mass is 127. The third-order valence-corrected chi connectivity index (χ3v) is 14.4. The Balaban J connectivity index is -0.000000389. The Labute approximate surface area is 650 Å². The molecule has 7 heterocycles. The van der Waals surface area contributed by atoms with Crippen LogP contribution in [0.25, 0.3) is 0 Å². The number of aryl methyl sites for hydroxylation is 1. The largest absolute Gasteiger partial charge is 0.480 e. The van der Waals surface area contributed by atoms with Crippen LogP contribution in [0.15, 0.2) is 53.9 Å². The number of alkyl halides is 1. The van der Waals surface area contributed by atoms with Gasteiger partial charge in [-0.05, 0) is 153 Å². The molecule has 5 amide bonds. The number of methoxy groups -OCH3 is 3. The van der Waals surface area contributed by atoms with E-state index >= 15 is 0 Å². The van der Waals surface area contributed by atoms with Crippen LogP contribution in [0.2, 0.25) is 0 Å². The zero-order chi connectivity index (χ0) is 79.1. The van der Waals surface area contributed by atoms with Gasteiger partial charge in [-0.3, -0.25) is 29.4 Å². The number of halogens is 1. The van der Waals surface area contributed by atoms with Gasteiger partial charge in [0, 0.05) is 52.8 Å². The molecule has 2 saturated carbocycles. The average Bonchev–Trinajstić information content (AvgIpc) is 1.80. The highest BCUT2D eigenvalue weighted by Crippen LogP contribution is 2.26. The number of likely N-dealkylation sites (N-methyl/N-ethyl adjacent to an activating group) is 1. The number of nitrogens with one attached hydrogen (secondary N) is 2. The number of esters is 1. The number of hydrogen-bond acceptors (Lipinski definition) is 26. The Hall–Kier alpha value is -8.29. The number of H-pyrrole nitrogens is 1. The molecule has 34 nitrogen and oxygen atoms in total. The van der Waals surface area contributed by atoms with Gasteiger partial charge in [0.05, 0.1) is 34.5 Å². The fraction of sp³-hybridized carbons (Fsp3) is 0.694. The molecule has 9 N–H and O–H groups in total. The van der Waals surface area contributed by atoms with Gasteiger partial charge in [0.25, 0.3) is 0 Å². The van der Waals surface area contributed by atoms with Gasteiger partial charge in [-0.1, -0.05) is 115 Å². The van der Waals surface area contributed by atoms with Crippen molar-refractivity contribution in [2.75, 3.05) is 59.6 Å². The Kier molecular flexibility index (Phi) is 49.9. The number of aromatic amines is 1. The number of amides is 5. The number of aromatic nitrogens is 6. The fourth-order valence-electron chi connectivity index (χ4n) is 9.79. The van der Waals surface area contributed by atoms with Crippen LogP contribution >= 0.6 is 22.6 Å². The van der Waals surface area contributed by atoms with Gasteiger partial charge in [-0.2, -0.15) is 4.98 Å². The summed E-state index contributed by atoms with van der Waals surface area (Å²) in [6.07, 6.45) is 26.1. The summed E-state index contributed by atoms with van der Waals surface area (Å²) in [5, 5.41) is 21.5. The molecular formula is C72H131IN14O20. The molecule has 7 aliphatic rings. The molecule has 35 heteroatoms. The zero-order valence-electron chi connectivity index (χ0n) is 65.2. The highest BCUT2D eigenvalue weighted by Gasteiger charge is 2.38. The number of rotatable bonds is 10. The molecule has 5 aliphatic heterocycles. The van der Waals surface area contributed by atoms with Crippen LogP contribution in [0.4, 0.5) is 19.2 Å². The number of aliphatic carboxylic acids is 2. The molecule has 0 unspecified atom stereocenters. The van der Waals surface area contributed by atoms with Crippen molar-refractivity contribution in [3.05, 3.63) is 65.4 Å². The number of hydrogen-bond donors (Lipinski definition) is 6. The quantitative estimate of drug-likeness (QED) is 0.0557. The number of carboxylic acid groups (broad SMARTS) is 2. The predicted molar refractivity (Wildman–Crippen MR) is 419 cm³/mol. The third-order valence-electron chi connectivity index (χ3n) is 14.4. The van der Waals surface area contributed by atoms with Crippen LogP contribution in [0, 0.1) is 6.92 Å². The van der Waals surface area contributed by atoms with E-state index in [0.29, 0.717) is 25.1 Å². The second-order valence-corrected chi connectivity index (χ2v) is 27.7. The van der Waals surface area contributed by atoms with Crippen molar-refractivity contribution >= 4 is 70.8 Å². The van der Waals surface area contributed by atoms with Gasteiger partial charge in [-0.25, -0.2) is 38.4 Å². The number of morpholine rings is 1. The number of nitrogens with two attached hydrogens (primary N) is 1. The van der Waals surface area contributed by atoms with Crippen molar-refractivity contribution in [2.45, 2.75) is 268 Å². The van der Waals surface area contributed by atoms with Crippen molar-refractivity contribution in [2.24, 2.45) is 5.73 Å². The first-order valence-electron chi connectivity index (χ1n) is 34.6. The number of primary amides is 1. The maximum atomic E-state index is 12.4. The molecule has 2 aromatic rings. The maximum Gasteiger partial charge on any atom is 0.415 e. The van der Waals surface area contributed by atoms with E-state index in [1.165, 1.54) is 128 Å². The molecule has 9 rings (SSSR count). The molecule has 3 fully saturated rings. The van der Waals surface area contributed by atoms with E-state index in [2.05, 4.69) is 74.5 Å². The topological polar surface area (TPSA) is 447 Å². The lowest BCUT2D eigenvalue weighted by Gasteiger charge is -2.30. The Morgan fingerprint density at radius 3 is 1.12 bits per heavy atom. The van der Waals surface area contributed by atoms with E-state index in [-0.39, 0.29) is 60.3 Å². The van der Waals surface area contributed by atoms with Gasteiger partial charge in [0.1, 0.15) is 52.4 Å². The van der Waals surface area contributed by atoms with E-state index in [9.17, 15) is 43.2 Å². The predicted octanol–water partition coefficient (Wildman–Crippen LogP) is 12.2. The van der Waals surface area contributed by atoms with Crippen LogP contribution in [-0.2, 0) is 42.9 Å². The molecule has 4 atom stereocenters. The number of carbonyl (C=O) groups is 8. The van der Waals surface area contributed by atoms with Gasteiger partial charge >= 0.3 is 72.0 Å². The molecule has 0 aromatic carbocycles. The van der Waals surface area contributed by atoms with Gasteiger partial charge in [-0.15, -0.1) is 19.9 Å². The van der Waals surface area contributed by atoms with E-state index in [1.54, 1.807) is 114 Å². The number of ether oxygens (including phenoxy) is 9. The van der Waals surface area contributed by atoms with E-state index in [4.69, 9.17) is 55.2 Å². The maximum absolute atomic E-state index is 12.4. The number of carbonyl (C=O) groups excluding carboxylic acids is 6. The first-order chi connectivity index (χ1) is 48.7. The molecule has 616 valence electrons. The van der Waals surface area contributed by atoms with Crippen molar-refractivity contribution in [3.63, 3.8) is 0 Å². The normalized spacial score (nSPS) is 18.5. The molecule has 0 spiro atoms. The lowest BCUT2D eigenvalue weighted by atomic mass is 9.91. The van der Waals surface area contributed by atoms with Crippen LogP contribution < -0.4 is 41.8 Å². The second kappa shape index (κ2) is 51.9. The molecule has 2 aromatic heterocycles. The molecule has 0 bridgehead atoms. The van der Waals surface area contributed by atoms with E-state index in [0.717, 1.165) is 48.2 Å². The first-order valence-corrected chi connectivity index (χ1v) is 35.8. The van der Waals surface area contributed by atoms with E-state index in [1.807, 2.05) is 4.93 Å². The molecule has 2 aliphatic carbocycles. The lowest BCUT2D eigenvalue weighted by molar-refractivity contribution is -0.142. The van der Waals surface area contributed by atoms with Crippen molar-refractivity contribution < 1.29 is 94.0 Å². The molecule has 0 radical (unpaired) electrons. The Morgan fingerprint density at radius 2 is 0.832 bits per heavy atom. The summed E-state index contributed by atoms with van der Waals surface area (Å²) in [6.45, 7) is 26.6. The van der Waals surface area contributed by atoms with Gasteiger partial charge in [0.2, 0.25) is 5.91 Å². The minimum Gasteiger partial charge on any atom is -0.480 e. The van der Waals surface area contributed by atoms with Crippen molar-refractivity contribution in [3.8, 4) is 24.0 Å². The molecule has 107 heavy (non-hydrogen) atoms. The van der Waals surface area contributed by atoms with Crippen LogP contribution in [0.5, 0.6) is 24.0 Å². The van der Waals surface area contributed by atoms with Crippen molar-refractivity contribution in [1.82, 2.24) is 65.9 Å². The minimum absolute atomic E-state index is 0. The summed E-state index contributed by atoms with van der Waals surface area (Å²) in [5.74, 6) is -2.79. The van der Waals surface area contributed by atoms with Crippen LogP contribution in [0.3, 0.4) is 0 Å². The molecule has 1 saturated heterocycles. The standard InChI is InChI=1S/C15H20N4O6.C12H23N.C10H16N2O3.2C10H15NO4.C5H7N3O2.C5H11NO.CH3I.4CH4.H3N.H2/c1-15(2,3)25-14(21)19-8-6-7-9(19)10(20)24-13-17-11(22-4)16-12(18-13)23-5;1-3-7-11(8-4-1)13-12-9-5-2-6-10-12;1-10(2,3)15-9(14)12-6-4-5-7(12)8(11)13;2*1-10(2,3)15-9(14)11-6-4-5-7(11)8(12)13;1-3-6-4(9)8-5(7-3)10-2;1-6-2-4-7-5-3-6;1-2;;;;;;/h6,8-9H,7H2,1-5H3;11-13H,1-10H2;4,6-7H,5H2,1-3H3,(H2,11,13);2*4,6-7H,5H2,1-3H3,(H,12,13);1-2H3,(H,6,7,8,9);2-5H2,1H3;1H3;4*1H4;1H3;1H/t9-;;3*7-;;;;;;;;;/m0.000........./s1/i;;;;;;;;1T;;;;;1+1. The Bertz CT molecular complexity index is 2990. The summed E-state index contributed by atoms with van der Waals surface area (Å²) in [6, 6.07) is -1.73. The number of nitrogens with zero attached hydrogens (tertiary/aromatic N) is 10. The summed E-state index contributed by atoms with van der Waals surface area (Å²) in [5.41, 5.74) is 2.23. The smallest absolute Gasteiger partial charge is 0.415 e. The lowest BCUT2D eigenvalue weighted by Crippen LogP contribution is -2.44. The second-order valence-electron chi connectivity index (χ2n) is 27.7. The van der Waals surface area contributed by atoms with Gasteiger partial charge in [0.15, 0.2) is 0 Å². The van der Waals surface area contributed by atoms with Gasteiger partial charge < -0.3 is 74.9 Å². The fourth-order valence-corrected chi connectivity index (χ4v) is 9.79. The molecular weight excluding hydrogens is 1510 g/mol. The monoisotopic (exact) mass is 1640 g/mol. The summed E-state index contributed by atoms with van der Waals surface area (Å²) in [7, 11) is 7.48. The van der Waals surface area contributed by atoms with Crippen LogP contribution in [-0.4, -0.2) is 231 Å². The zero-order valence-corrected chi connectivity index (χ0v) is 66.3. The van der Waals surface area contributed by atoms with E-state index < -0.39 is 100 Å². The highest BCUT2D eigenvalue weighted by molar-refractivity contribution is 14.1. The summed E-state index contributed by atoms with van der Waals surface area (Å²) >= 11 is 2.15. The Morgan fingerprint density at radius 1 is 0.533 bits per heavy atom. The van der Waals surface area contributed by atoms with Crippen molar-refractivity contribution in [1.29, 1.82) is 0 Å². The number of carboxylic acids is 2. The third kappa shape index (κ3) is 42.2. The van der Waals surface area contributed by atoms with Crippen LogP contribution in [0.1, 0.15) is 211 Å². The SMILES string of the molecule is C.C.C.C1CCC(NC2CCCCC2)CC1.CC(C)(C)OC(=O)N1C=CC[C@H]1C(=O)O.CC(C)(C)OC(=O)N1C=CC[C@H]1C(=O)O.CC(C)(C)OC(=O)N1C=CC[C@H]1C(N)=O.CI.CN1CCOCC1.COc1nc(C)[nH]c(=O)n1.COc1nc(OC)nc(OC(=O)[C@@H]2CC=CN2C(=O)OC(C)(C)C)n1.N.[2HH].[3H]C. The summed E-state index contributed by atoms with van der Waals surface area (Å²) in [4.78, 5) is 132. The first kappa shape index (κ1) is 103. The summed E-state index contributed by atoms with van der Waals surface area (Å²) < 4.78 is 51.0. The minimum atomic E-state index is -1.02. The average molecular weight is 1640 g/mol.